The van der Waals surface area contributed by atoms with Crippen molar-refractivity contribution in [1.29, 1.82) is 0 Å². The number of nitrogens with one attached hydrogen (secondary N) is 2. The van der Waals surface area contributed by atoms with E-state index >= 15 is 0 Å². The highest BCUT2D eigenvalue weighted by Crippen LogP contribution is 2.42. The Morgan fingerprint density at radius 1 is 1.13 bits per heavy atom. The highest BCUT2D eigenvalue weighted by molar-refractivity contribution is 6.10. The summed E-state index contributed by atoms with van der Waals surface area (Å²) in [5, 5.41) is 16.1. The van der Waals surface area contributed by atoms with Crippen molar-refractivity contribution in [1.82, 2.24) is 30.2 Å². The van der Waals surface area contributed by atoms with E-state index in [9.17, 15) is 9.59 Å². The average Bonchev–Trinajstić information content (AvgIpc) is 3.51. The molecule has 6 rings (SSSR count). The molecule has 2 aromatic heterocycles. The highest BCUT2D eigenvalue weighted by Gasteiger charge is 2.38. The number of rotatable bonds is 3. The minimum atomic E-state index is -0.421. The van der Waals surface area contributed by atoms with Gasteiger partial charge in [0, 0.05) is 42.7 Å². The second-order valence-electron chi connectivity index (χ2n) is 8.92. The van der Waals surface area contributed by atoms with Gasteiger partial charge in [0.1, 0.15) is 0 Å². The Morgan fingerprint density at radius 2 is 1.94 bits per heavy atom. The summed E-state index contributed by atoms with van der Waals surface area (Å²) in [7, 11) is 1.89. The van der Waals surface area contributed by atoms with Gasteiger partial charge in [-0.1, -0.05) is 12.1 Å². The number of nitrogens with zero attached hydrogens (tertiary/aromatic N) is 5. The third kappa shape index (κ3) is 2.95. The number of carbonyl (C=O) groups excluding carboxylic acids is 2. The van der Waals surface area contributed by atoms with Gasteiger partial charge in [-0.25, -0.2) is 4.79 Å². The van der Waals surface area contributed by atoms with Crippen molar-refractivity contribution in [2.75, 3.05) is 24.5 Å². The number of fused-ring (bicyclic) bond motifs is 2. The molecule has 3 aliphatic rings. The van der Waals surface area contributed by atoms with Crippen LogP contribution in [0.1, 0.15) is 25.3 Å². The van der Waals surface area contributed by atoms with Crippen molar-refractivity contribution in [3.8, 4) is 11.1 Å². The number of aromatic nitrogens is 4. The first-order valence-corrected chi connectivity index (χ1v) is 10.9. The molecule has 1 saturated carbocycles. The van der Waals surface area contributed by atoms with Gasteiger partial charge in [0.2, 0.25) is 5.91 Å². The van der Waals surface area contributed by atoms with E-state index in [-0.39, 0.29) is 12.3 Å². The lowest BCUT2D eigenvalue weighted by Crippen LogP contribution is -2.49. The Labute approximate surface area is 179 Å². The molecule has 4 heterocycles. The molecule has 2 saturated heterocycles. The fourth-order valence-electron chi connectivity index (χ4n) is 5.54. The van der Waals surface area contributed by atoms with Crippen molar-refractivity contribution in [2.45, 2.75) is 25.3 Å². The van der Waals surface area contributed by atoms with E-state index in [1.54, 1.807) is 4.90 Å². The third-order valence-corrected chi connectivity index (χ3v) is 7.07. The number of carbonyl (C=O) groups is 2. The number of imide groups is 1. The smallest absolute Gasteiger partial charge is 0.316 e. The first kappa shape index (κ1) is 18.6. The Hall–Kier alpha value is -3.20. The van der Waals surface area contributed by atoms with E-state index < -0.39 is 6.03 Å². The van der Waals surface area contributed by atoms with Crippen LogP contribution in [-0.4, -0.2) is 51.1 Å². The number of hydrogen-bond acceptors (Lipinski definition) is 5. The van der Waals surface area contributed by atoms with E-state index in [1.165, 1.54) is 12.8 Å². The summed E-state index contributed by atoms with van der Waals surface area (Å²) in [4.78, 5) is 25.5. The van der Waals surface area contributed by atoms with Gasteiger partial charge in [0.25, 0.3) is 0 Å². The van der Waals surface area contributed by atoms with Crippen LogP contribution in [0.5, 0.6) is 0 Å². The molecule has 2 unspecified atom stereocenters. The molecular formula is C22H25N7O2. The van der Waals surface area contributed by atoms with Crippen molar-refractivity contribution >= 4 is 28.7 Å². The number of aryl methyl sites for hydroxylation is 1. The van der Waals surface area contributed by atoms with Gasteiger partial charge >= 0.3 is 6.03 Å². The molecule has 0 bridgehead atoms. The number of anilines is 1. The Balaban J connectivity index is 1.36. The summed E-state index contributed by atoms with van der Waals surface area (Å²) >= 11 is 0. The van der Waals surface area contributed by atoms with Gasteiger partial charge in [-0.05, 0) is 43.8 Å². The van der Waals surface area contributed by atoms with Crippen LogP contribution in [0.15, 0.2) is 30.6 Å². The summed E-state index contributed by atoms with van der Waals surface area (Å²) in [5.74, 6) is 1.86. The summed E-state index contributed by atoms with van der Waals surface area (Å²) in [5.41, 5.74) is 3.04. The lowest BCUT2D eigenvalue weighted by Gasteiger charge is -2.24. The van der Waals surface area contributed by atoms with Crippen LogP contribution in [0.2, 0.25) is 0 Å². The first-order chi connectivity index (χ1) is 15.1. The van der Waals surface area contributed by atoms with Crippen molar-refractivity contribution in [2.24, 2.45) is 18.9 Å². The van der Waals surface area contributed by atoms with Gasteiger partial charge in [0.05, 0.1) is 17.8 Å². The van der Waals surface area contributed by atoms with E-state index in [0.29, 0.717) is 18.4 Å². The molecule has 31 heavy (non-hydrogen) atoms. The monoisotopic (exact) mass is 419 g/mol. The van der Waals surface area contributed by atoms with Crippen molar-refractivity contribution in [3.63, 3.8) is 0 Å². The second-order valence-corrected chi connectivity index (χ2v) is 8.92. The fourth-order valence-corrected chi connectivity index (χ4v) is 5.54. The van der Waals surface area contributed by atoms with Gasteiger partial charge in [0.15, 0.2) is 5.82 Å². The predicted molar refractivity (Wildman–Crippen MR) is 116 cm³/mol. The van der Waals surface area contributed by atoms with Crippen molar-refractivity contribution < 1.29 is 9.59 Å². The minimum absolute atomic E-state index is 0.249. The molecule has 3 aromatic rings. The molecule has 2 aliphatic heterocycles. The van der Waals surface area contributed by atoms with E-state index in [0.717, 1.165) is 47.0 Å². The van der Waals surface area contributed by atoms with Gasteiger partial charge in [-0.15, -0.1) is 0 Å². The SMILES string of the molecule is Cn1nc(N2CCC(=O)NC2=O)c2cccc(-c3cnn(C4CC5CNCC5C4)c3)c21. The molecule has 160 valence electrons. The maximum Gasteiger partial charge on any atom is 0.329 e. The zero-order valence-corrected chi connectivity index (χ0v) is 17.4. The number of benzene rings is 1. The second kappa shape index (κ2) is 6.91. The number of hydrogen-bond donors (Lipinski definition) is 2. The molecule has 9 heteroatoms. The topological polar surface area (TPSA) is 97.1 Å². The average molecular weight is 419 g/mol. The molecule has 2 atom stereocenters. The van der Waals surface area contributed by atoms with Crippen LogP contribution in [0.3, 0.4) is 0 Å². The molecule has 3 fully saturated rings. The van der Waals surface area contributed by atoms with E-state index in [4.69, 9.17) is 5.10 Å². The summed E-state index contributed by atoms with van der Waals surface area (Å²) in [6, 6.07) is 6.07. The molecule has 3 amide bonds. The minimum Gasteiger partial charge on any atom is -0.316 e. The summed E-state index contributed by atoms with van der Waals surface area (Å²) in [6.07, 6.45) is 6.71. The normalized spacial score (nSPS) is 26.0. The van der Waals surface area contributed by atoms with Gasteiger partial charge in [-0.3, -0.25) is 24.4 Å². The lowest BCUT2D eigenvalue weighted by molar-refractivity contribution is -0.120. The predicted octanol–water partition coefficient (Wildman–Crippen LogP) is 2.05. The molecule has 9 nitrogen and oxygen atoms in total. The Bertz CT molecular complexity index is 1180. The first-order valence-electron chi connectivity index (χ1n) is 10.9. The molecule has 1 aliphatic carbocycles. The van der Waals surface area contributed by atoms with E-state index in [2.05, 4.69) is 32.7 Å². The third-order valence-electron chi connectivity index (χ3n) is 7.07. The van der Waals surface area contributed by atoms with Crippen LogP contribution < -0.4 is 15.5 Å². The quantitative estimate of drug-likeness (QED) is 0.677. The number of amides is 3. The molecule has 1 aromatic carbocycles. The largest absolute Gasteiger partial charge is 0.329 e. The van der Waals surface area contributed by atoms with E-state index in [1.807, 2.05) is 30.1 Å². The van der Waals surface area contributed by atoms with Crippen LogP contribution in [0.25, 0.3) is 22.0 Å². The summed E-state index contributed by atoms with van der Waals surface area (Å²) < 4.78 is 3.94. The maximum absolute atomic E-state index is 12.4. The fraction of sp³-hybridized carbons (Fsp3) is 0.455. The van der Waals surface area contributed by atoms with Crippen LogP contribution in [0.4, 0.5) is 10.6 Å². The molecule has 0 spiro atoms. The van der Waals surface area contributed by atoms with Crippen LogP contribution in [0, 0.1) is 11.8 Å². The van der Waals surface area contributed by atoms with Crippen molar-refractivity contribution in [3.05, 3.63) is 30.6 Å². The van der Waals surface area contributed by atoms with Crippen LogP contribution >= 0.6 is 0 Å². The van der Waals surface area contributed by atoms with Gasteiger partial charge < -0.3 is 5.32 Å². The zero-order chi connectivity index (χ0) is 21.1. The summed E-state index contributed by atoms with van der Waals surface area (Å²) in [6.45, 7) is 2.59. The molecule has 2 N–H and O–H groups in total. The maximum atomic E-state index is 12.4. The Kier molecular flexibility index (Phi) is 4.14. The molecule has 0 radical (unpaired) electrons. The Morgan fingerprint density at radius 3 is 2.71 bits per heavy atom. The van der Waals surface area contributed by atoms with Crippen LogP contribution in [-0.2, 0) is 11.8 Å². The lowest BCUT2D eigenvalue weighted by atomic mass is 10.0. The van der Waals surface area contributed by atoms with Gasteiger partial charge in [-0.2, -0.15) is 10.2 Å². The zero-order valence-electron chi connectivity index (χ0n) is 17.4. The highest BCUT2D eigenvalue weighted by atomic mass is 16.2. The number of urea groups is 1. The standard InChI is InChI=1S/C22H25N7O2/c1-27-20-17(15-11-24-29(12-15)16-7-13-9-23-10-14(13)8-16)3-2-4-18(20)21(26-27)28-6-5-19(30)25-22(28)31/h2-4,11-14,16,23H,5-10H2,1H3,(H,25,30,31). The number of para-hydroxylation sites is 1. The molecular weight excluding hydrogens is 394 g/mol.